The second-order valence-corrected chi connectivity index (χ2v) is 4.45. The van der Waals surface area contributed by atoms with Crippen molar-refractivity contribution >= 4 is 0 Å². The molecule has 0 amide bonds. The number of pyridine rings is 1. The van der Waals surface area contributed by atoms with Crippen LogP contribution in [0.5, 0.6) is 5.75 Å². The van der Waals surface area contributed by atoms with E-state index in [-0.39, 0.29) is 17.6 Å². The van der Waals surface area contributed by atoms with Gasteiger partial charge in [-0.15, -0.1) is 0 Å². The monoisotopic (exact) mass is 260 g/mol. The quantitative estimate of drug-likeness (QED) is 0.919. The molecule has 0 fully saturated rings. The van der Waals surface area contributed by atoms with E-state index >= 15 is 0 Å². The molecule has 2 rings (SSSR count). The fourth-order valence-electron chi connectivity index (χ4n) is 2.09. The first-order valence-corrected chi connectivity index (χ1v) is 6.12. The maximum atomic E-state index is 14.0. The van der Waals surface area contributed by atoms with Gasteiger partial charge in [0.1, 0.15) is 0 Å². The van der Waals surface area contributed by atoms with Gasteiger partial charge in [0, 0.05) is 6.20 Å². The van der Waals surface area contributed by atoms with Crippen molar-refractivity contribution in [3.63, 3.8) is 0 Å². The van der Waals surface area contributed by atoms with Gasteiger partial charge in [-0.2, -0.15) is 0 Å². The number of aryl methyl sites for hydroxylation is 1. The Hall–Kier alpha value is -1.94. The maximum absolute atomic E-state index is 14.0. The second kappa shape index (κ2) is 5.80. The molecule has 1 atom stereocenters. The number of nitrogens with zero attached hydrogens (tertiary/aromatic N) is 1. The van der Waals surface area contributed by atoms with Gasteiger partial charge in [0.2, 0.25) is 0 Å². The Balaban J connectivity index is 2.24. The minimum Gasteiger partial charge on any atom is -0.494 e. The van der Waals surface area contributed by atoms with Crippen molar-refractivity contribution in [2.24, 2.45) is 5.73 Å². The number of methoxy groups -OCH3 is 1. The summed E-state index contributed by atoms with van der Waals surface area (Å²) in [5.74, 6) is -0.114. The van der Waals surface area contributed by atoms with Crippen molar-refractivity contribution in [3.05, 3.63) is 59.2 Å². The summed E-state index contributed by atoms with van der Waals surface area (Å²) in [5, 5.41) is 0. The van der Waals surface area contributed by atoms with Crippen molar-refractivity contribution < 1.29 is 9.13 Å². The Morgan fingerprint density at radius 3 is 2.79 bits per heavy atom. The summed E-state index contributed by atoms with van der Waals surface area (Å²) in [6.45, 7) is 1.95. The number of rotatable bonds is 4. The van der Waals surface area contributed by atoms with Crippen LogP contribution >= 0.6 is 0 Å². The zero-order chi connectivity index (χ0) is 13.8. The van der Waals surface area contributed by atoms with Gasteiger partial charge in [-0.3, -0.25) is 4.98 Å². The van der Waals surface area contributed by atoms with E-state index < -0.39 is 0 Å². The largest absolute Gasteiger partial charge is 0.494 e. The molecule has 0 saturated heterocycles. The highest BCUT2D eigenvalue weighted by Gasteiger charge is 2.15. The lowest BCUT2D eigenvalue weighted by atomic mass is 10.0. The Labute approximate surface area is 112 Å². The highest BCUT2D eigenvalue weighted by molar-refractivity contribution is 5.32. The van der Waals surface area contributed by atoms with Crippen LogP contribution in [0.3, 0.4) is 0 Å². The van der Waals surface area contributed by atoms with Crippen LogP contribution in [0.4, 0.5) is 4.39 Å². The zero-order valence-corrected chi connectivity index (χ0v) is 11.1. The van der Waals surface area contributed by atoms with Crippen LogP contribution in [-0.4, -0.2) is 12.1 Å². The molecule has 0 aliphatic heterocycles. The molecule has 2 aromatic rings. The van der Waals surface area contributed by atoms with Crippen molar-refractivity contribution in [2.45, 2.75) is 19.4 Å². The molecule has 19 heavy (non-hydrogen) atoms. The molecule has 1 unspecified atom stereocenters. The summed E-state index contributed by atoms with van der Waals surface area (Å²) in [6, 6.07) is 8.55. The van der Waals surface area contributed by atoms with Gasteiger partial charge in [-0.1, -0.05) is 18.2 Å². The van der Waals surface area contributed by atoms with Gasteiger partial charge in [0.15, 0.2) is 11.6 Å². The van der Waals surface area contributed by atoms with Gasteiger partial charge in [-0.05, 0) is 36.6 Å². The van der Waals surface area contributed by atoms with E-state index in [1.54, 1.807) is 24.4 Å². The second-order valence-electron chi connectivity index (χ2n) is 4.45. The molecular weight excluding hydrogens is 243 g/mol. The smallest absolute Gasteiger partial charge is 0.168 e. The van der Waals surface area contributed by atoms with Gasteiger partial charge in [0.25, 0.3) is 0 Å². The number of nitrogens with two attached hydrogens (primary N) is 1. The first-order valence-electron chi connectivity index (χ1n) is 6.12. The van der Waals surface area contributed by atoms with E-state index in [0.29, 0.717) is 12.0 Å². The van der Waals surface area contributed by atoms with E-state index in [0.717, 1.165) is 11.3 Å². The summed E-state index contributed by atoms with van der Waals surface area (Å²) >= 11 is 0. The lowest BCUT2D eigenvalue weighted by Crippen LogP contribution is -2.17. The predicted molar refractivity (Wildman–Crippen MR) is 72.6 cm³/mol. The summed E-state index contributed by atoms with van der Waals surface area (Å²) in [6.07, 6.45) is 2.09. The molecule has 4 heteroatoms. The van der Waals surface area contributed by atoms with Crippen LogP contribution in [0.25, 0.3) is 0 Å². The van der Waals surface area contributed by atoms with Crippen molar-refractivity contribution in [1.82, 2.24) is 4.98 Å². The third-order valence-corrected chi connectivity index (χ3v) is 3.10. The van der Waals surface area contributed by atoms with Crippen LogP contribution in [0.15, 0.2) is 36.5 Å². The number of halogens is 1. The highest BCUT2D eigenvalue weighted by atomic mass is 19.1. The Kier molecular flexibility index (Phi) is 4.12. The number of hydrogen-bond donors (Lipinski definition) is 1. The van der Waals surface area contributed by atoms with E-state index in [2.05, 4.69) is 4.98 Å². The lowest BCUT2D eigenvalue weighted by Gasteiger charge is -2.14. The van der Waals surface area contributed by atoms with Crippen LogP contribution in [0.1, 0.15) is 22.9 Å². The van der Waals surface area contributed by atoms with Gasteiger partial charge >= 0.3 is 0 Å². The lowest BCUT2D eigenvalue weighted by molar-refractivity contribution is 0.383. The third kappa shape index (κ3) is 2.90. The molecule has 0 saturated carbocycles. The van der Waals surface area contributed by atoms with Gasteiger partial charge in [0.05, 0.1) is 18.8 Å². The average Bonchev–Trinajstić information content (AvgIpc) is 2.41. The maximum Gasteiger partial charge on any atom is 0.168 e. The standard InChI is InChI=1S/C15H17FN2O/c1-10-5-4-8-18-15(10)12(17)9-11-6-3-7-13(19-2)14(11)16/h3-8,12H,9,17H2,1-2H3. The molecule has 1 aromatic carbocycles. The minimum atomic E-state index is -0.353. The molecule has 1 aromatic heterocycles. The van der Waals surface area contributed by atoms with E-state index in [9.17, 15) is 4.39 Å². The van der Waals surface area contributed by atoms with E-state index in [1.165, 1.54) is 7.11 Å². The molecule has 100 valence electrons. The first kappa shape index (κ1) is 13.5. The van der Waals surface area contributed by atoms with E-state index in [4.69, 9.17) is 10.5 Å². The van der Waals surface area contributed by atoms with Crippen LogP contribution in [0.2, 0.25) is 0 Å². The van der Waals surface area contributed by atoms with Crippen LogP contribution in [0, 0.1) is 12.7 Å². The average molecular weight is 260 g/mol. The Morgan fingerprint density at radius 1 is 1.32 bits per heavy atom. The SMILES string of the molecule is COc1cccc(CC(N)c2ncccc2C)c1F. The molecule has 0 radical (unpaired) electrons. The Bertz CT molecular complexity index is 572. The van der Waals surface area contributed by atoms with Crippen LogP contribution in [-0.2, 0) is 6.42 Å². The van der Waals surface area contributed by atoms with Crippen molar-refractivity contribution in [2.75, 3.05) is 7.11 Å². The highest BCUT2D eigenvalue weighted by Crippen LogP contribution is 2.24. The topological polar surface area (TPSA) is 48.1 Å². The normalized spacial score (nSPS) is 12.2. The molecule has 0 aliphatic rings. The first-order chi connectivity index (χ1) is 9.13. The fourth-order valence-corrected chi connectivity index (χ4v) is 2.09. The van der Waals surface area contributed by atoms with E-state index in [1.807, 2.05) is 19.1 Å². The summed E-state index contributed by atoms with van der Waals surface area (Å²) < 4.78 is 19.0. The summed E-state index contributed by atoms with van der Waals surface area (Å²) in [7, 11) is 1.45. The number of benzene rings is 1. The van der Waals surface area contributed by atoms with Crippen molar-refractivity contribution in [1.29, 1.82) is 0 Å². The predicted octanol–water partition coefficient (Wildman–Crippen LogP) is 2.78. The Morgan fingerprint density at radius 2 is 2.11 bits per heavy atom. The molecular formula is C15H17FN2O. The number of hydrogen-bond acceptors (Lipinski definition) is 3. The molecule has 0 aliphatic carbocycles. The fraction of sp³-hybridized carbons (Fsp3) is 0.267. The number of ether oxygens (including phenoxy) is 1. The minimum absolute atomic E-state index is 0.238. The third-order valence-electron chi connectivity index (χ3n) is 3.10. The number of aromatic nitrogens is 1. The summed E-state index contributed by atoms with van der Waals surface area (Å²) in [5.41, 5.74) is 8.47. The van der Waals surface area contributed by atoms with Gasteiger partial charge < -0.3 is 10.5 Å². The summed E-state index contributed by atoms with van der Waals surface area (Å²) in [4.78, 5) is 4.27. The molecule has 3 nitrogen and oxygen atoms in total. The van der Waals surface area contributed by atoms with Gasteiger partial charge in [-0.25, -0.2) is 4.39 Å². The zero-order valence-electron chi connectivity index (χ0n) is 11.1. The van der Waals surface area contributed by atoms with Crippen molar-refractivity contribution in [3.8, 4) is 5.75 Å². The molecule has 2 N–H and O–H groups in total. The molecule has 0 spiro atoms. The van der Waals surface area contributed by atoms with Crippen LogP contribution < -0.4 is 10.5 Å². The molecule has 0 bridgehead atoms. The molecule has 1 heterocycles.